The summed E-state index contributed by atoms with van der Waals surface area (Å²) in [4.78, 5) is 2.31. The number of para-hydroxylation sites is 2. The number of hydrogen-bond acceptors (Lipinski definition) is 2. The van der Waals surface area contributed by atoms with E-state index in [0.29, 0.717) is 0 Å². The van der Waals surface area contributed by atoms with Gasteiger partial charge in [-0.3, -0.25) is 0 Å². The van der Waals surface area contributed by atoms with Crippen LogP contribution in [0, 0.1) is 0 Å². The Labute approximate surface area is 209 Å². The molecule has 0 saturated heterocycles. The third-order valence-electron chi connectivity index (χ3n) is 6.85. The van der Waals surface area contributed by atoms with Crippen molar-refractivity contribution < 1.29 is 4.42 Å². The monoisotopic (exact) mass is 461 g/mol. The molecule has 2 nitrogen and oxygen atoms in total. The molecule has 0 aliphatic rings. The van der Waals surface area contributed by atoms with Gasteiger partial charge in [0.15, 0.2) is 0 Å². The molecular weight excluding hydrogens is 438 g/mol. The molecule has 2 heteroatoms. The number of benzene rings is 6. The Balaban J connectivity index is 1.47. The van der Waals surface area contributed by atoms with E-state index in [1.807, 2.05) is 0 Å². The van der Waals surface area contributed by atoms with Crippen molar-refractivity contribution in [1.29, 1.82) is 0 Å². The van der Waals surface area contributed by atoms with Crippen LogP contribution < -0.4 is 4.90 Å². The number of furan rings is 1. The molecule has 0 fully saturated rings. The third kappa shape index (κ3) is 3.35. The zero-order valence-corrected chi connectivity index (χ0v) is 19.6. The van der Waals surface area contributed by atoms with Crippen LogP contribution in [0.3, 0.4) is 0 Å². The van der Waals surface area contributed by atoms with Crippen molar-refractivity contribution in [3.63, 3.8) is 0 Å². The average molecular weight is 462 g/mol. The van der Waals surface area contributed by atoms with Crippen LogP contribution in [-0.2, 0) is 0 Å². The molecule has 1 aromatic heterocycles. The van der Waals surface area contributed by atoms with Gasteiger partial charge in [-0.25, -0.2) is 0 Å². The molecule has 0 N–H and O–H groups in total. The van der Waals surface area contributed by atoms with E-state index in [4.69, 9.17) is 4.42 Å². The van der Waals surface area contributed by atoms with Gasteiger partial charge >= 0.3 is 0 Å². The topological polar surface area (TPSA) is 16.4 Å². The molecule has 7 aromatic rings. The summed E-state index contributed by atoms with van der Waals surface area (Å²) in [7, 11) is 0. The molecule has 0 radical (unpaired) electrons. The molecule has 6 aromatic carbocycles. The summed E-state index contributed by atoms with van der Waals surface area (Å²) in [6.07, 6.45) is 0. The van der Waals surface area contributed by atoms with Crippen molar-refractivity contribution in [2.75, 3.05) is 4.90 Å². The lowest BCUT2D eigenvalue weighted by molar-refractivity contribution is 0.669. The second-order valence-electron chi connectivity index (χ2n) is 9.00. The Morgan fingerprint density at radius 1 is 0.472 bits per heavy atom. The minimum Gasteiger partial charge on any atom is -0.456 e. The fourth-order valence-electron chi connectivity index (χ4n) is 5.21. The predicted molar refractivity (Wildman–Crippen MR) is 151 cm³/mol. The first-order valence-electron chi connectivity index (χ1n) is 12.2. The quantitative estimate of drug-likeness (QED) is 0.259. The maximum absolute atomic E-state index is 6.41. The highest BCUT2D eigenvalue weighted by Crippen LogP contribution is 2.43. The highest BCUT2D eigenvalue weighted by molar-refractivity contribution is 6.19. The van der Waals surface area contributed by atoms with Crippen molar-refractivity contribution in [2.45, 2.75) is 0 Å². The lowest BCUT2D eigenvalue weighted by atomic mass is 10.0. The van der Waals surface area contributed by atoms with E-state index in [0.717, 1.165) is 33.6 Å². The number of rotatable bonds is 4. The number of anilines is 3. The van der Waals surface area contributed by atoms with Crippen LogP contribution in [0.25, 0.3) is 43.8 Å². The summed E-state index contributed by atoms with van der Waals surface area (Å²) in [5.41, 5.74) is 7.44. The van der Waals surface area contributed by atoms with Crippen molar-refractivity contribution in [3.8, 4) is 11.1 Å². The van der Waals surface area contributed by atoms with E-state index in [1.165, 1.54) is 27.3 Å². The molecule has 36 heavy (non-hydrogen) atoms. The number of fused-ring (bicyclic) bond motifs is 5. The Morgan fingerprint density at radius 2 is 1.19 bits per heavy atom. The molecule has 0 amide bonds. The van der Waals surface area contributed by atoms with Gasteiger partial charge in [0, 0.05) is 33.8 Å². The Bertz CT molecular complexity index is 1830. The van der Waals surface area contributed by atoms with Crippen LogP contribution >= 0.6 is 0 Å². The standard InChI is InChI=1S/C34H23NO/c1-3-11-24(12-4-1)28-16-9-10-18-31(28)35(26-14-5-2-6-15-26)27-20-21-30-33(23-27)36-32-22-19-25-13-7-8-17-29(25)34(30)32/h1-23H. The molecule has 0 saturated carbocycles. The lowest BCUT2D eigenvalue weighted by Crippen LogP contribution is -2.11. The molecule has 7 rings (SSSR count). The smallest absolute Gasteiger partial charge is 0.137 e. The lowest BCUT2D eigenvalue weighted by Gasteiger charge is -2.27. The van der Waals surface area contributed by atoms with Gasteiger partial charge in [-0.05, 0) is 52.7 Å². The molecule has 0 aliphatic carbocycles. The van der Waals surface area contributed by atoms with Crippen LogP contribution in [0.2, 0.25) is 0 Å². The fraction of sp³-hybridized carbons (Fsp3) is 0. The minimum atomic E-state index is 0.886. The van der Waals surface area contributed by atoms with Gasteiger partial charge in [-0.1, -0.05) is 97.1 Å². The van der Waals surface area contributed by atoms with Crippen LogP contribution in [0.15, 0.2) is 144 Å². The van der Waals surface area contributed by atoms with Gasteiger partial charge in [-0.15, -0.1) is 0 Å². The van der Waals surface area contributed by atoms with Crippen LogP contribution in [0.5, 0.6) is 0 Å². The van der Waals surface area contributed by atoms with Crippen molar-refractivity contribution in [3.05, 3.63) is 140 Å². The summed E-state index contributed by atoms with van der Waals surface area (Å²) >= 11 is 0. The number of hydrogen-bond donors (Lipinski definition) is 0. The first-order valence-corrected chi connectivity index (χ1v) is 12.2. The Hall–Kier alpha value is -4.82. The zero-order chi connectivity index (χ0) is 23.9. The molecule has 0 aliphatic heterocycles. The normalized spacial score (nSPS) is 11.3. The van der Waals surface area contributed by atoms with E-state index < -0.39 is 0 Å². The summed E-state index contributed by atoms with van der Waals surface area (Å²) in [6, 6.07) is 48.9. The highest BCUT2D eigenvalue weighted by atomic mass is 16.3. The van der Waals surface area contributed by atoms with Gasteiger partial charge in [0.25, 0.3) is 0 Å². The van der Waals surface area contributed by atoms with Crippen LogP contribution in [0.4, 0.5) is 17.1 Å². The minimum absolute atomic E-state index is 0.886. The first-order chi connectivity index (χ1) is 17.9. The van der Waals surface area contributed by atoms with Gasteiger partial charge in [-0.2, -0.15) is 0 Å². The molecule has 170 valence electrons. The van der Waals surface area contributed by atoms with E-state index in [1.54, 1.807) is 0 Å². The number of nitrogens with zero attached hydrogens (tertiary/aromatic N) is 1. The summed E-state index contributed by atoms with van der Waals surface area (Å²) in [6.45, 7) is 0. The van der Waals surface area contributed by atoms with Crippen molar-refractivity contribution in [2.24, 2.45) is 0 Å². The fourth-order valence-corrected chi connectivity index (χ4v) is 5.21. The van der Waals surface area contributed by atoms with Crippen LogP contribution in [-0.4, -0.2) is 0 Å². The first kappa shape index (κ1) is 20.5. The molecule has 0 spiro atoms. The molecule has 1 heterocycles. The molecule has 0 unspecified atom stereocenters. The van der Waals surface area contributed by atoms with Gasteiger partial charge in [0.1, 0.15) is 11.2 Å². The third-order valence-corrected chi connectivity index (χ3v) is 6.85. The summed E-state index contributed by atoms with van der Waals surface area (Å²) in [5, 5.41) is 4.75. The second-order valence-corrected chi connectivity index (χ2v) is 9.00. The molecule has 0 atom stereocenters. The maximum atomic E-state index is 6.41. The van der Waals surface area contributed by atoms with Crippen LogP contribution in [0.1, 0.15) is 0 Å². The summed E-state index contributed by atoms with van der Waals surface area (Å²) in [5.74, 6) is 0. The van der Waals surface area contributed by atoms with Crippen molar-refractivity contribution in [1.82, 2.24) is 0 Å². The van der Waals surface area contributed by atoms with Crippen molar-refractivity contribution >= 4 is 49.8 Å². The van der Waals surface area contributed by atoms with Gasteiger partial charge in [0.05, 0.1) is 5.69 Å². The molecular formula is C34H23NO. The molecule has 0 bridgehead atoms. The predicted octanol–water partition coefficient (Wildman–Crippen LogP) is 9.88. The van der Waals surface area contributed by atoms with E-state index in [-0.39, 0.29) is 0 Å². The van der Waals surface area contributed by atoms with Gasteiger partial charge in [0.2, 0.25) is 0 Å². The Kier molecular flexibility index (Phi) is 4.82. The Morgan fingerprint density at radius 3 is 2.06 bits per heavy atom. The highest BCUT2D eigenvalue weighted by Gasteiger charge is 2.19. The maximum Gasteiger partial charge on any atom is 0.137 e. The van der Waals surface area contributed by atoms with E-state index in [9.17, 15) is 0 Å². The average Bonchev–Trinajstić information content (AvgIpc) is 3.33. The SMILES string of the molecule is c1ccc(-c2ccccc2N(c2ccccc2)c2ccc3c(c2)oc2ccc4ccccc4c23)cc1. The second kappa shape index (κ2) is 8.44. The summed E-state index contributed by atoms with van der Waals surface area (Å²) < 4.78 is 6.41. The zero-order valence-electron chi connectivity index (χ0n) is 19.6. The van der Waals surface area contributed by atoms with Gasteiger partial charge < -0.3 is 9.32 Å². The van der Waals surface area contributed by atoms with E-state index >= 15 is 0 Å². The van der Waals surface area contributed by atoms with E-state index in [2.05, 4.69) is 144 Å². The largest absolute Gasteiger partial charge is 0.456 e.